The highest BCUT2D eigenvalue weighted by Gasteiger charge is 2.62. The number of carbonyl (C=O) groups is 2. The molecular formula is C20H22Cl2F2N2O4. The summed E-state index contributed by atoms with van der Waals surface area (Å²) in [6.07, 6.45) is 0.507. The van der Waals surface area contributed by atoms with Crippen molar-refractivity contribution in [2.45, 2.75) is 56.2 Å². The summed E-state index contributed by atoms with van der Waals surface area (Å²) in [7, 11) is 0. The molecule has 3 fully saturated rings. The van der Waals surface area contributed by atoms with Crippen molar-refractivity contribution in [3.05, 3.63) is 27.5 Å². The first-order valence-electron chi connectivity index (χ1n) is 9.83. The molecule has 4 N–H and O–H groups in total. The number of nitrogens with one attached hydrogen (secondary N) is 1. The van der Waals surface area contributed by atoms with Crippen molar-refractivity contribution >= 4 is 35.2 Å². The van der Waals surface area contributed by atoms with Crippen LogP contribution in [0.2, 0.25) is 10.0 Å². The number of phenolic OH excluding ortho intramolecular Hbond substituents is 1. The van der Waals surface area contributed by atoms with Crippen molar-refractivity contribution in [3.8, 4) is 5.75 Å². The molecule has 0 heterocycles. The molecule has 164 valence electrons. The lowest BCUT2D eigenvalue weighted by atomic mass is 9.71. The topological polar surface area (TPSA) is 102 Å². The minimum atomic E-state index is -1.47. The fourth-order valence-corrected chi connectivity index (χ4v) is 5.85. The number of hydrogen-bond donors (Lipinski definition) is 3. The molecule has 0 unspecified atom stereocenters. The van der Waals surface area contributed by atoms with Gasteiger partial charge in [-0.3, -0.25) is 4.79 Å². The van der Waals surface area contributed by atoms with Crippen molar-refractivity contribution in [1.82, 2.24) is 5.32 Å². The third-order valence-electron chi connectivity index (χ3n) is 6.93. The molecule has 0 saturated heterocycles. The molecular weight excluding hydrogens is 441 g/mol. The van der Waals surface area contributed by atoms with Gasteiger partial charge in [0.05, 0.1) is 10.0 Å². The molecule has 2 amide bonds. The van der Waals surface area contributed by atoms with Gasteiger partial charge in [0.1, 0.15) is 11.8 Å². The number of rotatable bonds is 5. The highest BCUT2D eigenvalue weighted by atomic mass is 35.5. The number of halogens is 4. The molecule has 30 heavy (non-hydrogen) atoms. The van der Waals surface area contributed by atoms with Crippen LogP contribution in [0.3, 0.4) is 0 Å². The predicted molar refractivity (Wildman–Crippen MR) is 106 cm³/mol. The lowest BCUT2D eigenvalue weighted by Gasteiger charge is -2.38. The summed E-state index contributed by atoms with van der Waals surface area (Å²) in [5, 5.41) is 12.7. The Hall–Kier alpha value is -1.80. The maximum Gasteiger partial charge on any atom is 0.404 e. The smallest absolute Gasteiger partial charge is 0.404 e. The van der Waals surface area contributed by atoms with Gasteiger partial charge in [0.25, 0.3) is 0 Å². The number of primary amides is 1. The molecule has 3 saturated carbocycles. The van der Waals surface area contributed by atoms with E-state index in [1.54, 1.807) is 0 Å². The zero-order chi connectivity index (χ0) is 21.8. The number of alkyl halides is 1. The molecule has 1 aromatic carbocycles. The Morgan fingerprint density at radius 3 is 2.67 bits per heavy atom. The third kappa shape index (κ3) is 3.58. The Morgan fingerprint density at radius 1 is 1.33 bits per heavy atom. The molecule has 0 radical (unpaired) electrons. The minimum absolute atomic E-state index is 0.00426. The van der Waals surface area contributed by atoms with Gasteiger partial charge in [-0.05, 0) is 49.9 Å². The van der Waals surface area contributed by atoms with E-state index in [2.05, 4.69) is 5.32 Å². The number of phenols is 1. The Kier molecular flexibility index (Phi) is 5.29. The van der Waals surface area contributed by atoms with Crippen molar-refractivity contribution in [2.24, 2.45) is 17.1 Å². The summed E-state index contributed by atoms with van der Waals surface area (Å²) in [5.41, 5.74) is 2.78. The van der Waals surface area contributed by atoms with Crippen molar-refractivity contribution < 1.29 is 28.2 Å². The SMILES string of the molecule is NC(=O)OC1CC(C(=O)NC[C@]23CC[C@](F)(C[C@@H]2c2c(F)c(O)cc(Cl)c2Cl)C3)C1. The van der Waals surface area contributed by atoms with Gasteiger partial charge in [-0.15, -0.1) is 0 Å². The molecule has 10 heteroatoms. The van der Waals surface area contributed by atoms with E-state index < -0.39 is 34.7 Å². The molecule has 3 aliphatic carbocycles. The van der Waals surface area contributed by atoms with E-state index in [0.717, 1.165) is 6.07 Å². The monoisotopic (exact) mass is 462 g/mol. The van der Waals surface area contributed by atoms with Crippen LogP contribution >= 0.6 is 23.2 Å². The highest BCUT2D eigenvalue weighted by Crippen LogP contribution is 2.66. The zero-order valence-corrected chi connectivity index (χ0v) is 17.5. The Balaban J connectivity index is 1.51. The molecule has 3 aliphatic rings. The Bertz CT molecular complexity index is 885. The average molecular weight is 463 g/mol. The van der Waals surface area contributed by atoms with Gasteiger partial charge in [0.15, 0.2) is 11.6 Å². The fourth-order valence-electron chi connectivity index (χ4n) is 5.38. The first kappa shape index (κ1) is 21.4. The Labute approximate surface area is 182 Å². The lowest BCUT2D eigenvalue weighted by molar-refractivity contribution is -0.132. The van der Waals surface area contributed by atoms with E-state index in [9.17, 15) is 19.1 Å². The number of fused-ring (bicyclic) bond motifs is 2. The molecule has 0 spiro atoms. The van der Waals surface area contributed by atoms with Gasteiger partial charge < -0.3 is 20.9 Å². The number of carbonyl (C=O) groups excluding carboxylic acids is 2. The van der Waals surface area contributed by atoms with E-state index in [1.807, 2.05) is 0 Å². The van der Waals surface area contributed by atoms with Gasteiger partial charge in [-0.1, -0.05) is 23.2 Å². The number of benzene rings is 1. The van der Waals surface area contributed by atoms with E-state index >= 15 is 4.39 Å². The summed E-state index contributed by atoms with van der Waals surface area (Å²) in [4.78, 5) is 23.3. The van der Waals surface area contributed by atoms with E-state index in [0.29, 0.717) is 25.7 Å². The summed E-state index contributed by atoms with van der Waals surface area (Å²) in [6.45, 7) is 0.156. The van der Waals surface area contributed by atoms with Crippen LogP contribution in [0, 0.1) is 17.2 Å². The van der Waals surface area contributed by atoms with E-state index in [4.69, 9.17) is 33.7 Å². The van der Waals surface area contributed by atoms with Gasteiger partial charge in [0.2, 0.25) is 5.91 Å². The van der Waals surface area contributed by atoms with Crippen molar-refractivity contribution in [3.63, 3.8) is 0 Å². The van der Waals surface area contributed by atoms with Gasteiger partial charge in [-0.25, -0.2) is 13.6 Å². The second-order valence-electron chi connectivity index (χ2n) is 8.81. The summed E-state index contributed by atoms with van der Waals surface area (Å²) < 4.78 is 34.9. The first-order chi connectivity index (χ1) is 14.0. The molecule has 0 aliphatic heterocycles. The van der Waals surface area contributed by atoms with Crippen LogP contribution in [0.1, 0.15) is 50.0 Å². The third-order valence-corrected chi connectivity index (χ3v) is 7.73. The normalized spacial score (nSPS) is 34.5. The van der Waals surface area contributed by atoms with Crippen LogP contribution in [-0.4, -0.2) is 35.4 Å². The van der Waals surface area contributed by atoms with E-state index in [-0.39, 0.29) is 52.9 Å². The van der Waals surface area contributed by atoms with Crippen LogP contribution in [0.4, 0.5) is 13.6 Å². The Morgan fingerprint density at radius 2 is 2.03 bits per heavy atom. The lowest BCUT2D eigenvalue weighted by Crippen LogP contribution is -2.47. The summed E-state index contributed by atoms with van der Waals surface area (Å²) in [6, 6.07) is 1.02. The number of aromatic hydroxyl groups is 1. The van der Waals surface area contributed by atoms with Crippen molar-refractivity contribution in [2.75, 3.05) is 6.54 Å². The van der Waals surface area contributed by atoms with Crippen LogP contribution in [0.15, 0.2) is 6.07 Å². The summed E-state index contributed by atoms with van der Waals surface area (Å²) in [5.74, 6) is -2.71. The second kappa shape index (κ2) is 7.41. The average Bonchev–Trinajstić information content (AvgIpc) is 3.12. The van der Waals surface area contributed by atoms with Gasteiger partial charge in [-0.2, -0.15) is 0 Å². The number of amides is 2. The maximum absolute atomic E-state index is 15.2. The molecule has 3 atom stereocenters. The standard InChI is InChI=1S/C20H22Cl2F2N2O4/c21-12-5-13(27)16(23)14(15(12)22)11-6-20(24)2-1-19(11,7-20)8-26-17(28)9-3-10(4-9)30-18(25)29/h5,9-11,27H,1-4,6-8H2,(H2,25,29)(H,26,28)/t9?,10?,11-,19-,20+/m1/s1. The quantitative estimate of drug-likeness (QED) is 0.570. The molecule has 2 bridgehead atoms. The summed E-state index contributed by atoms with van der Waals surface area (Å²) >= 11 is 12.3. The van der Waals surface area contributed by atoms with Gasteiger partial charge in [0, 0.05) is 24.1 Å². The first-order valence-corrected chi connectivity index (χ1v) is 10.6. The maximum atomic E-state index is 15.2. The largest absolute Gasteiger partial charge is 0.505 e. The number of nitrogens with two attached hydrogens (primary N) is 1. The van der Waals surface area contributed by atoms with Crippen molar-refractivity contribution in [1.29, 1.82) is 0 Å². The van der Waals surface area contributed by atoms with Crippen LogP contribution in [0.25, 0.3) is 0 Å². The predicted octanol–water partition coefficient (Wildman–Crippen LogP) is 4.19. The fraction of sp³-hybridized carbons (Fsp3) is 0.600. The minimum Gasteiger partial charge on any atom is -0.505 e. The molecule has 4 rings (SSSR count). The van der Waals surface area contributed by atoms with Crippen LogP contribution in [-0.2, 0) is 9.53 Å². The molecule has 1 aromatic rings. The second-order valence-corrected chi connectivity index (χ2v) is 9.60. The van der Waals surface area contributed by atoms with Crippen LogP contribution < -0.4 is 11.1 Å². The number of ether oxygens (including phenoxy) is 1. The molecule has 0 aromatic heterocycles. The number of hydrogen-bond acceptors (Lipinski definition) is 4. The zero-order valence-electron chi connectivity index (χ0n) is 16.0. The highest BCUT2D eigenvalue weighted by molar-refractivity contribution is 6.42. The van der Waals surface area contributed by atoms with Crippen LogP contribution in [0.5, 0.6) is 5.75 Å². The molecule has 6 nitrogen and oxygen atoms in total. The van der Waals surface area contributed by atoms with E-state index in [1.165, 1.54) is 0 Å². The van der Waals surface area contributed by atoms with Gasteiger partial charge >= 0.3 is 6.09 Å².